The Morgan fingerprint density at radius 2 is 1.94 bits per heavy atom. The van der Waals surface area contributed by atoms with Crippen molar-refractivity contribution < 1.29 is 14.3 Å². The third-order valence-corrected chi connectivity index (χ3v) is 7.96. The molecule has 1 aliphatic heterocycles. The van der Waals surface area contributed by atoms with E-state index in [-0.39, 0.29) is 23.9 Å². The minimum absolute atomic E-state index is 0.103. The summed E-state index contributed by atoms with van der Waals surface area (Å²) in [5.41, 5.74) is 2.13. The van der Waals surface area contributed by atoms with E-state index in [4.69, 9.17) is 27.5 Å². The zero-order chi connectivity index (χ0) is 24.6. The monoisotopic (exact) mass is 500 g/mol. The molecule has 0 spiro atoms. The SMILES string of the molecule is C#CC1CCC(C2(C)Oc3c(Cl)cc(C(=O)NCc4c(SC)cc(C)[nH]c4=O)c(C)c3O2)CC1. The molecule has 8 heteroatoms. The van der Waals surface area contributed by atoms with Crippen molar-refractivity contribution in [2.45, 2.75) is 63.7 Å². The van der Waals surface area contributed by atoms with Gasteiger partial charge in [-0.15, -0.1) is 24.1 Å². The van der Waals surface area contributed by atoms with Gasteiger partial charge in [-0.05, 0) is 57.9 Å². The lowest BCUT2D eigenvalue weighted by molar-refractivity contribution is -0.121. The number of rotatable bonds is 5. The van der Waals surface area contributed by atoms with Crippen molar-refractivity contribution in [2.75, 3.05) is 6.26 Å². The summed E-state index contributed by atoms with van der Waals surface area (Å²) in [7, 11) is 0. The molecule has 1 atom stereocenters. The van der Waals surface area contributed by atoms with E-state index in [1.54, 1.807) is 6.07 Å². The molecule has 0 radical (unpaired) electrons. The van der Waals surface area contributed by atoms with Gasteiger partial charge in [0.05, 0.1) is 5.02 Å². The first kappa shape index (κ1) is 24.6. The van der Waals surface area contributed by atoms with Gasteiger partial charge in [0.2, 0.25) is 0 Å². The van der Waals surface area contributed by atoms with Crippen molar-refractivity contribution in [3.8, 4) is 23.8 Å². The summed E-state index contributed by atoms with van der Waals surface area (Å²) in [5, 5.41) is 3.18. The number of aryl methyl sites for hydroxylation is 1. The first-order valence-electron chi connectivity index (χ1n) is 11.4. The Balaban J connectivity index is 1.54. The number of hydrogen-bond acceptors (Lipinski definition) is 5. The van der Waals surface area contributed by atoms with Crippen LogP contribution in [0.3, 0.4) is 0 Å². The Morgan fingerprint density at radius 1 is 1.26 bits per heavy atom. The van der Waals surface area contributed by atoms with E-state index >= 15 is 0 Å². The van der Waals surface area contributed by atoms with Gasteiger partial charge in [0.25, 0.3) is 17.3 Å². The molecule has 180 valence electrons. The fourth-order valence-electron chi connectivity index (χ4n) is 4.83. The number of carbonyl (C=O) groups is 1. The smallest absolute Gasteiger partial charge is 0.254 e. The van der Waals surface area contributed by atoms with Crippen molar-refractivity contribution in [1.82, 2.24) is 10.3 Å². The lowest BCUT2D eigenvalue weighted by Crippen LogP contribution is -2.44. The summed E-state index contributed by atoms with van der Waals surface area (Å²) in [6, 6.07) is 3.50. The van der Waals surface area contributed by atoms with Gasteiger partial charge < -0.3 is 19.8 Å². The van der Waals surface area contributed by atoms with Crippen molar-refractivity contribution >= 4 is 29.3 Å². The molecular formula is C26H29ClN2O4S. The Hall–Kier alpha value is -2.56. The third-order valence-electron chi connectivity index (χ3n) is 6.87. The minimum Gasteiger partial charge on any atom is -0.448 e. The van der Waals surface area contributed by atoms with Crippen LogP contribution in [0.5, 0.6) is 11.5 Å². The second-order valence-corrected chi connectivity index (χ2v) is 10.4. The number of hydrogen-bond donors (Lipinski definition) is 2. The Labute approximate surface area is 209 Å². The number of pyridine rings is 1. The van der Waals surface area contributed by atoms with E-state index < -0.39 is 5.79 Å². The molecule has 1 aromatic heterocycles. The highest BCUT2D eigenvalue weighted by atomic mass is 35.5. The van der Waals surface area contributed by atoms with E-state index in [2.05, 4.69) is 16.2 Å². The second-order valence-electron chi connectivity index (χ2n) is 9.14. The van der Waals surface area contributed by atoms with Gasteiger partial charge in [0.1, 0.15) is 0 Å². The maximum atomic E-state index is 13.1. The van der Waals surface area contributed by atoms with Crippen molar-refractivity contribution in [3.05, 3.63) is 49.9 Å². The molecule has 0 bridgehead atoms. The van der Waals surface area contributed by atoms with Crippen molar-refractivity contribution in [1.29, 1.82) is 0 Å². The van der Waals surface area contributed by atoms with Gasteiger partial charge in [-0.2, -0.15) is 0 Å². The van der Waals surface area contributed by atoms with E-state index in [0.29, 0.717) is 39.1 Å². The average molecular weight is 501 g/mol. The molecule has 6 nitrogen and oxygen atoms in total. The Morgan fingerprint density at radius 3 is 2.59 bits per heavy atom. The Kier molecular flexibility index (Phi) is 6.93. The molecular weight excluding hydrogens is 472 g/mol. The first-order valence-corrected chi connectivity index (χ1v) is 13.0. The lowest BCUT2D eigenvalue weighted by Gasteiger charge is -2.36. The van der Waals surface area contributed by atoms with Crippen LogP contribution < -0.4 is 20.3 Å². The number of fused-ring (bicyclic) bond motifs is 1. The van der Waals surface area contributed by atoms with Gasteiger partial charge in [-0.3, -0.25) is 9.59 Å². The largest absolute Gasteiger partial charge is 0.448 e. The Bertz CT molecular complexity index is 1230. The summed E-state index contributed by atoms with van der Waals surface area (Å²) >= 11 is 8.01. The number of aromatic nitrogens is 1. The average Bonchev–Trinajstić information content (AvgIpc) is 3.20. The zero-order valence-corrected chi connectivity index (χ0v) is 21.4. The summed E-state index contributed by atoms with van der Waals surface area (Å²) in [5.74, 6) is 3.11. The van der Waals surface area contributed by atoms with Gasteiger partial charge in [0.15, 0.2) is 11.5 Å². The number of amides is 1. The summed E-state index contributed by atoms with van der Waals surface area (Å²) < 4.78 is 12.6. The standard InChI is InChI=1S/C26H29ClN2O4S/c1-6-16-7-9-17(10-8-16)26(4)32-22-15(3)18(12-20(27)23(22)33-26)24(30)28-13-19-21(34-5)11-14(2)29-25(19)31/h1,11-12,16-17H,7-10,13H2,2-5H3,(H,28,30)(H,29,31). The van der Waals surface area contributed by atoms with Crippen LogP contribution in [0.25, 0.3) is 0 Å². The van der Waals surface area contributed by atoms with Crippen LogP contribution in [0.4, 0.5) is 0 Å². The molecule has 4 rings (SSSR count). The normalized spacial score (nSPS) is 23.4. The van der Waals surface area contributed by atoms with E-state index in [0.717, 1.165) is 36.3 Å². The lowest BCUT2D eigenvalue weighted by atomic mass is 9.78. The molecule has 2 aliphatic rings. The number of halogens is 1. The molecule has 1 fully saturated rings. The molecule has 0 saturated heterocycles. The molecule has 1 amide bonds. The number of benzene rings is 1. The summed E-state index contributed by atoms with van der Waals surface area (Å²) in [4.78, 5) is 29.1. The maximum absolute atomic E-state index is 13.1. The highest BCUT2D eigenvalue weighted by Gasteiger charge is 2.47. The number of ether oxygens (including phenoxy) is 2. The van der Waals surface area contributed by atoms with Gasteiger partial charge in [0, 0.05) is 52.6 Å². The predicted molar refractivity (Wildman–Crippen MR) is 135 cm³/mol. The first-order chi connectivity index (χ1) is 16.2. The summed E-state index contributed by atoms with van der Waals surface area (Å²) in [6.07, 6.45) is 11.2. The van der Waals surface area contributed by atoms with E-state index in [9.17, 15) is 9.59 Å². The topological polar surface area (TPSA) is 80.4 Å². The zero-order valence-electron chi connectivity index (χ0n) is 19.8. The molecule has 1 aliphatic carbocycles. The van der Waals surface area contributed by atoms with Gasteiger partial charge in [-0.1, -0.05) is 11.6 Å². The number of thioether (sulfide) groups is 1. The summed E-state index contributed by atoms with van der Waals surface area (Å²) in [6.45, 7) is 5.68. The number of H-pyrrole nitrogens is 1. The molecule has 1 aromatic carbocycles. The van der Waals surface area contributed by atoms with Gasteiger partial charge in [-0.25, -0.2) is 0 Å². The fourth-order valence-corrected chi connectivity index (χ4v) is 5.77. The highest BCUT2D eigenvalue weighted by Crippen LogP contribution is 2.51. The number of carbonyl (C=O) groups excluding carboxylic acids is 1. The minimum atomic E-state index is -0.853. The highest BCUT2D eigenvalue weighted by molar-refractivity contribution is 7.98. The molecule has 2 N–H and O–H groups in total. The molecule has 1 unspecified atom stereocenters. The molecule has 2 aromatic rings. The fraction of sp³-hybridized carbons (Fsp3) is 0.462. The third kappa shape index (κ3) is 4.54. The van der Waals surface area contributed by atoms with E-state index in [1.165, 1.54) is 11.8 Å². The molecule has 34 heavy (non-hydrogen) atoms. The predicted octanol–water partition coefficient (Wildman–Crippen LogP) is 5.22. The van der Waals surface area contributed by atoms with Crippen LogP contribution in [-0.4, -0.2) is 22.9 Å². The second kappa shape index (κ2) is 9.59. The van der Waals surface area contributed by atoms with Crippen molar-refractivity contribution in [2.24, 2.45) is 11.8 Å². The number of aromatic amines is 1. The quantitative estimate of drug-likeness (QED) is 0.434. The number of terminal acetylenes is 1. The van der Waals surface area contributed by atoms with E-state index in [1.807, 2.05) is 33.1 Å². The van der Waals surface area contributed by atoms with Crippen LogP contribution in [0.15, 0.2) is 21.8 Å². The number of nitrogens with one attached hydrogen (secondary N) is 2. The molecule has 1 saturated carbocycles. The molecule has 2 heterocycles. The van der Waals surface area contributed by atoms with Crippen LogP contribution in [0.2, 0.25) is 5.02 Å². The van der Waals surface area contributed by atoms with Gasteiger partial charge >= 0.3 is 0 Å². The maximum Gasteiger partial charge on any atom is 0.254 e. The van der Waals surface area contributed by atoms with Crippen LogP contribution in [0.1, 0.15) is 59.8 Å². The van der Waals surface area contributed by atoms with Crippen molar-refractivity contribution in [3.63, 3.8) is 0 Å². The van der Waals surface area contributed by atoms with Crippen LogP contribution in [-0.2, 0) is 6.54 Å². The van der Waals surface area contributed by atoms with Crippen LogP contribution >= 0.6 is 23.4 Å². The van der Waals surface area contributed by atoms with Crippen LogP contribution in [0, 0.1) is 38.0 Å².